The predicted octanol–water partition coefficient (Wildman–Crippen LogP) is 4.86. The Morgan fingerprint density at radius 1 is 1.00 bits per heavy atom. The zero-order valence-electron chi connectivity index (χ0n) is 22.0. The van der Waals surface area contributed by atoms with Gasteiger partial charge in [0.1, 0.15) is 29.3 Å². The van der Waals surface area contributed by atoms with Gasteiger partial charge in [0.05, 0.1) is 11.4 Å². The molecule has 4 aliphatic rings. The average molecular weight is 512 g/mol. The smallest absolute Gasteiger partial charge is 0.164 e. The largest absolute Gasteiger partial charge is 0.462 e. The topological polar surface area (TPSA) is 94.1 Å². The van der Waals surface area contributed by atoms with Crippen LogP contribution in [0.3, 0.4) is 0 Å². The van der Waals surface area contributed by atoms with Crippen molar-refractivity contribution in [1.82, 2.24) is 30.0 Å². The number of nitrogens with one attached hydrogen (secondary N) is 1. The van der Waals surface area contributed by atoms with E-state index < -0.39 is 0 Å². The van der Waals surface area contributed by atoms with Crippen LogP contribution in [0.15, 0.2) is 54.6 Å². The minimum atomic E-state index is 0.318. The van der Waals surface area contributed by atoms with Crippen molar-refractivity contribution in [3.63, 3.8) is 0 Å². The molecule has 7 rings (SSSR count). The summed E-state index contributed by atoms with van der Waals surface area (Å²) in [7, 11) is 0. The first-order chi connectivity index (χ1) is 18.7. The van der Waals surface area contributed by atoms with Gasteiger partial charge in [0.15, 0.2) is 5.65 Å². The molecule has 2 saturated heterocycles. The molecule has 38 heavy (non-hydrogen) atoms. The van der Waals surface area contributed by atoms with Gasteiger partial charge in [-0.25, -0.2) is 14.6 Å². The highest BCUT2D eigenvalue weighted by Gasteiger charge is 2.47. The number of nitrogens with two attached hydrogens (primary N) is 1. The number of nitrogens with zero attached hydrogens (tertiary/aromatic N) is 5. The van der Waals surface area contributed by atoms with Crippen LogP contribution in [0.4, 0.5) is 5.82 Å². The van der Waals surface area contributed by atoms with E-state index in [9.17, 15) is 0 Å². The lowest BCUT2D eigenvalue weighted by molar-refractivity contribution is -0.0322. The molecule has 0 bridgehead atoms. The fourth-order valence-electron chi connectivity index (χ4n) is 7.01. The van der Waals surface area contributed by atoms with Crippen LogP contribution in [0.25, 0.3) is 22.3 Å². The number of ether oxygens (including phenoxy) is 1. The lowest BCUT2D eigenvalue weighted by atomic mass is 9.60. The SMILES string of the molecule is Nc1ncnc2c1c(-c1ccc(OC3=CC=CCC3)cc1)nn2C1CCN(C2CC3(CCNCC3)C2)CC1. The molecule has 0 amide bonds. The highest BCUT2D eigenvalue weighted by Crippen LogP contribution is 2.50. The van der Waals surface area contributed by atoms with Crippen LogP contribution in [0.1, 0.15) is 57.4 Å². The third-order valence-corrected chi connectivity index (χ3v) is 9.23. The second-order valence-electron chi connectivity index (χ2n) is 11.6. The van der Waals surface area contributed by atoms with E-state index in [1.807, 2.05) is 18.2 Å². The molecule has 3 aromatic rings. The van der Waals surface area contributed by atoms with Crippen molar-refractivity contribution in [3.05, 3.63) is 54.6 Å². The fraction of sp³-hybridized carbons (Fsp3) is 0.500. The summed E-state index contributed by atoms with van der Waals surface area (Å²) in [6.07, 6.45) is 17.4. The summed E-state index contributed by atoms with van der Waals surface area (Å²) >= 11 is 0. The predicted molar refractivity (Wildman–Crippen MR) is 150 cm³/mol. The van der Waals surface area contributed by atoms with Crippen molar-refractivity contribution in [1.29, 1.82) is 0 Å². The number of hydrogen-bond acceptors (Lipinski definition) is 7. The van der Waals surface area contributed by atoms with E-state index in [2.05, 4.69) is 49.2 Å². The summed E-state index contributed by atoms with van der Waals surface area (Å²) in [6, 6.07) is 9.21. The number of nitrogen functional groups attached to an aromatic ring is 1. The van der Waals surface area contributed by atoms with Crippen LogP contribution in [0.5, 0.6) is 5.75 Å². The van der Waals surface area contributed by atoms with Gasteiger partial charge < -0.3 is 20.7 Å². The standard InChI is InChI=1S/C30H37N7O/c31-28-26-27(21-6-8-25(9-7-21)38-24-4-2-1-3-5-24)35-37(29(26)34-20-33-28)22-10-16-36(17-11-22)23-18-30(19-23)12-14-32-15-13-30/h1-2,4,6-9,20,22-23,32H,3,5,10-19H2,(H2,31,33,34). The zero-order chi connectivity index (χ0) is 25.5. The lowest BCUT2D eigenvalue weighted by Gasteiger charge is -2.55. The summed E-state index contributed by atoms with van der Waals surface area (Å²) in [4.78, 5) is 11.7. The van der Waals surface area contributed by atoms with E-state index >= 15 is 0 Å². The number of likely N-dealkylation sites (tertiary alicyclic amines) is 1. The number of hydrogen-bond donors (Lipinski definition) is 2. The molecule has 1 spiro atoms. The molecule has 0 unspecified atom stereocenters. The minimum absolute atomic E-state index is 0.318. The van der Waals surface area contributed by atoms with E-state index in [1.165, 1.54) is 38.8 Å². The number of anilines is 1. The number of aromatic nitrogens is 4. The van der Waals surface area contributed by atoms with Crippen molar-refractivity contribution in [3.8, 4) is 17.0 Å². The molecule has 2 aliphatic carbocycles. The van der Waals surface area contributed by atoms with Gasteiger partial charge in [0.2, 0.25) is 0 Å². The van der Waals surface area contributed by atoms with Gasteiger partial charge in [-0.15, -0.1) is 0 Å². The molecule has 3 N–H and O–H groups in total. The third kappa shape index (κ3) is 4.39. The van der Waals surface area contributed by atoms with Crippen molar-refractivity contribution in [2.75, 3.05) is 31.9 Å². The molecule has 1 saturated carbocycles. The normalized spacial score (nSPS) is 22.5. The second-order valence-corrected chi connectivity index (χ2v) is 11.6. The molecule has 3 fully saturated rings. The highest BCUT2D eigenvalue weighted by molar-refractivity contribution is 5.98. The van der Waals surface area contributed by atoms with Gasteiger partial charge in [-0.3, -0.25) is 0 Å². The zero-order valence-corrected chi connectivity index (χ0v) is 22.0. The molecule has 2 aromatic heterocycles. The monoisotopic (exact) mass is 511 g/mol. The van der Waals surface area contributed by atoms with E-state index in [0.29, 0.717) is 17.3 Å². The lowest BCUT2D eigenvalue weighted by Crippen LogP contribution is -2.56. The van der Waals surface area contributed by atoms with E-state index in [4.69, 9.17) is 15.6 Å². The molecule has 4 heterocycles. The van der Waals surface area contributed by atoms with Crippen molar-refractivity contribution < 1.29 is 4.74 Å². The number of benzene rings is 1. The molecule has 2 aliphatic heterocycles. The Balaban J connectivity index is 1.08. The molecule has 1 aromatic carbocycles. The maximum absolute atomic E-state index is 6.39. The van der Waals surface area contributed by atoms with Crippen LogP contribution in [0, 0.1) is 5.41 Å². The van der Waals surface area contributed by atoms with Crippen molar-refractivity contribution in [2.45, 2.75) is 63.5 Å². The average Bonchev–Trinajstić information content (AvgIpc) is 3.34. The van der Waals surface area contributed by atoms with Crippen LogP contribution >= 0.6 is 0 Å². The Hall–Kier alpha value is -3.23. The van der Waals surface area contributed by atoms with E-state index in [0.717, 1.165) is 78.6 Å². The molecule has 8 nitrogen and oxygen atoms in total. The molecule has 0 radical (unpaired) electrons. The molecular weight excluding hydrogens is 474 g/mol. The van der Waals surface area contributed by atoms with E-state index in [-0.39, 0.29) is 0 Å². The first kappa shape index (κ1) is 23.9. The summed E-state index contributed by atoms with van der Waals surface area (Å²) in [5.74, 6) is 2.31. The van der Waals surface area contributed by atoms with Crippen LogP contribution in [0.2, 0.25) is 0 Å². The number of allylic oxidation sites excluding steroid dienone is 4. The van der Waals surface area contributed by atoms with Gasteiger partial charge in [-0.2, -0.15) is 5.10 Å². The van der Waals surface area contributed by atoms with Crippen LogP contribution < -0.4 is 15.8 Å². The number of piperidine rings is 2. The number of rotatable bonds is 5. The van der Waals surface area contributed by atoms with Gasteiger partial charge in [0.25, 0.3) is 0 Å². The Bertz CT molecular complexity index is 1350. The quantitative estimate of drug-likeness (QED) is 0.505. The Kier molecular flexibility index (Phi) is 6.16. The van der Waals surface area contributed by atoms with Crippen molar-refractivity contribution >= 4 is 16.9 Å². The Morgan fingerprint density at radius 2 is 1.79 bits per heavy atom. The van der Waals surface area contributed by atoms with Gasteiger partial charge in [-0.1, -0.05) is 12.2 Å². The molecular formula is C30H37N7O. The maximum atomic E-state index is 6.39. The van der Waals surface area contributed by atoms with Crippen LogP contribution in [-0.2, 0) is 0 Å². The molecule has 198 valence electrons. The minimum Gasteiger partial charge on any atom is -0.462 e. The first-order valence-electron chi connectivity index (χ1n) is 14.2. The first-order valence-corrected chi connectivity index (χ1v) is 14.2. The summed E-state index contributed by atoms with van der Waals surface area (Å²) < 4.78 is 8.19. The molecule has 8 heteroatoms. The van der Waals surface area contributed by atoms with Gasteiger partial charge in [0, 0.05) is 31.1 Å². The summed E-state index contributed by atoms with van der Waals surface area (Å²) in [6.45, 7) is 4.63. The van der Waals surface area contributed by atoms with Gasteiger partial charge in [-0.05, 0) is 93.8 Å². The highest BCUT2D eigenvalue weighted by atomic mass is 16.5. The van der Waals surface area contributed by atoms with Gasteiger partial charge >= 0.3 is 0 Å². The Labute approximate surface area is 224 Å². The van der Waals surface area contributed by atoms with Crippen LogP contribution in [-0.4, -0.2) is 56.9 Å². The van der Waals surface area contributed by atoms with E-state index in [1.54, 1.807) is 6.33 Å². The third-order valence-electron chi connectivity index (χ3n) is 9.23. The fourth-order valence-corrected chi connectivity index (χ4v) is 7.01. The summed E-state index contributed by atoms with van der Waals surface area (Å²) in [5.41, 5.74) is 9.70. The Morgan fingerprint density at radius 3 is 2.53 bits per heavy atom. The summed E-state index contributed by atoms with van der Waals surface area (Å²) in [5, 5.41) is 9.48. The van der Waals surface area contributed by atoms with Crippen molar-refractivity contribution in [2.24, 2.45) is 5.41 Å². The molecule has 0 atom stereocenters. The maximum Gasteiger partial charge on any atom is 0.164 e. The second kappa shape index (κ2) is 9.82. The number of fused-ring (bicyclic) bond motifs is 1.